The predicted octanol–water partition coefficient (Wildman–Crippen LogP) is 5.00. The molecular formula is C24H22F3NO4S2. The van der Waals surface area contributed by atoms with Crippen LogP contribution in [0.15, 0.2) is 88.7 Å². The molecule has 1 heterocycles. The first-order valence-electron chi connectivity index (χ1n) is 10.6. The van der Waals surface area contributed by atoms with Gasteiger partial charge in [-0.25, -0.2) is 16.8 Å². The molecule has 0 amide bonds. The van der Waals surface area contributed by atoms with E-state index in [9.17, 15) is 30.0 Å². The first kappa shape index (κ1) is 24.4. The van der Waals surface area contributed by atoms with Gasteiger partial charge in [0.2, 0.25) is 10.0 Å². The first-order chi connectivity index (χ1) is 16.0. The predicted molar refractivity (Wildman–Crippen MR) is 122 cm³/mol. The highest BCUT2D eigenvalue weighted by atomic mass is 32.2. The monoisotopic (exact) mass is 509 g/mol. The molecule has 3 aromatic carbocycles. The fourth-order valence-electron chi connectivity index (χ4n) is 4.03. The van der Waals surface area contributed by atoms with Gasteiger partial charge in [0.05, 0.1) is 20.6 Å². The standard InChI is InChI=1S/C24H22F3NO4S2/c25-24(26,27)20-6-4-5-19(17-20)18-9-11-23(12-10-18)34(31,32)28-15-13-22(14-16-28)33(29,30)21-7-2-1-3-8-21/h1-12,17,22H,13-16H2. The number of benzene rings is 3. The molecule has 180 valence electrons. The van der Waals surface area contributed by atoms with Gasteiger partial charge in [-0.3, -0.25) is 0 Å². The Bertz CT molecular complexity index is 1360. The van der Waals surface area contributed by atoms with Crippen molar-refractivity contribution in [3.05, 3.63) is 84.4 Å². The highest BCUT2D eigenvalue weighted by Gasteiger charge is 2.35. The van der Waals surface area contributed by atoms with Gasteiger partial charge >= 0.3 is 6.18 Å². The Kier molecular flexibility index (Phi) is 6.58. The van der Waals surface area contributed by atoms with E-state index < -0.39 is 36.9 Å². The number of rotatable bonds is 5. The second-order valence-corrected chi connectivity index (χ2v) is 12.2. The summed E-state index contributed by atoms with van der Waals surface area (Å²) in [4.78, 5) is 0.231. The summed E-state index contributed by atoms with van der Waals surface area (Å²) in [5.74, 6) is 0. The molecule has 3 aromatic rings. The number of hydrogen-bond donors (Lipinski definition) is 0. The van der Waals surface area contributed by atoms with Crippen molar-refractivity contribution in [2.45, 2.75) is 34.1 Å². The van der Waals surface area contributed by atoms with Crippen LogP contribution in [-0.4, -0.2) is 39.5 Å². The van der Waals surface area contributed by atoms with Crippen molar-refractivity contribution < 1.29 is 30.0 Å². The largest absolute Gasteiger partial charge is 0.416 e. The summed E-state index contributed by atoms with van der Waals surface area (Å²) in [5.41, 5.74) is -0.00144. The van der Waals surface area contributed by atoms with E-state index in [-0.39, 0.29) is 35.7 Å². The van der Waals surface area contributed by atoms with Crippen molar-refractivity contribution >= 4 is 19.9 Å². The zero-order valence-corrected chi connectivity index (χ0v) is 19.6. The maximum atomic E-state index is 13.1. The van der Waals surface area contributed by atoms with Gasteiger partial charge in [-0.05, 0) is 60.4 Å². The quantitative estimate of drug-likeness (QED) is 0.485. The molecule has 4 rings (SSSR count). The maximum Gasteiger partial charge on any atom is 0.416 e. The summed E-state index contributed by atoms with van der Waals surface area (Å²) >= 11 is 0. The molecule has 1 aliphatic rings. The summed E-state index contributed by atoms with van der Waals surface area (Å²) in [6, 6.07) is 18.6. The number of nitrogens with zero attached hydrogens (tertiary/aromatic N) is 1. The minimum absolute atomic E-state index is 0.00703. The highest BCUT2D eigenvalue weighted by molar-refractivity contribution is 7.92. The lowest BCUT2D eigenvalue weighted by Gasteiger charge is -2.31. The molecule has 5 nitrogen and oxygen atoms in total. The molecule has 0 spiro atoms. The molecule has 10 heteroatoms. The average Bonchev–Trinajstić information content (AvgIpc) is 2.84. The lowest BCUT2D eigenvalue weighted by atomic mass is 10.0. The molecule has 1 fully saturated rings. The number of alkyl halides is 3. The van der Waals surface area contributed by atoms with Gasteiger partial charge in [-0.1, -0.05) is 42.5 Å². The van der Waals surface area contributed by atoms with Crippen molar-refractivity contribution in [3.63, 3.8) is 0 Å². The van der Waals surface area contributed by atoms with Gasteiger partial charge in [0.15, 0.2) is 9.84 Å². The van der Waals surface area contributed by atoms with Crippen LogP contribution in [0.2, 0.25) is 0 Å². The third-order valence-electron chi connectivity index (χ3n) is 5.93. The van der Waals surface area contributed by atoms with Crippen LogP contribution in [0.1, 0.15) is 18.4 Å². The average molecular weight is 510 g/mol. The molecule has 0 radical (unpaired) electrons. The molecule has 0 N–H and O–H groups in total. The first-order valence-corrected chi connectivity index (χ1v) is 13.5. The van der Waals surface area contributed by atoms with E-state index in [2.05, 4.69) is 0 Å². The van der Waals surface area contributed by atoms with Gasteiger partial charge in [0.25, 0.3) is 0 Å². The maximum absolute atomic E-state index is 13.1. The van der Waals surface area contributed by atoms with Crippen molar-refractivity contribution in [3.8, 4) is 11.1 Å². The Morgan fingerprint density at radius 2 is 1.32 bits per heavy atom. The van der Waals surface area contributed by atoms with Crippen molar-refractivity contribution in [2.75, 3.05) is 13.1 Å². The van der Waals surface area contributed by atoms with Crippen LogP contribution in [0.25, 0.3) is 11.1 Å². The Labute approximate surface area is 196 Å². The van der Waals surface area contributed by atoms with Crippen molar-refractivity contribution in [2.24, 2.45) is 0 Å². The molecule has 0 aliphatic carbocycles. The van der Waals surface area contributed by atoms with E-state index in [1.807, 2.05) is 0 Å². The van der Waals surface area contributed by atoms with Gasteiger partial charge < -0.3 is 0 Å². The molecule has 34 heavy (non-hydrogen) atoms. The third-order valence-corrected chi connectivity index (χ3v) is 10.1. The van der Waals surface area contributed by atoms with Gasteiger partial charge in [-0.2, -0.15) is 17.5 Å². The van der Waals surface area contributed by atoms with Crippen molar-refractivity contribution in [1.29, 1.82) is 0 Å². The minimum Gasteiger partial charge on any atom is -0.223 e. The summed E-state index contributed by atoms with van der Waals surface area (Å²) < 4.78 is 92.0. The second kappa shape index (κ2) is 9.16. The van der Waals surface area contributed by atoms with Crippen LogP contribution in [0, 0.1) is 0 Å². The van der Waals surface area contributed by atoms with Crippen LogP contribution in [0.4, 0.5) is 13.2 Å². The van der Waals surface area contributed by atoms with E-state index in [1.165, 1.54) is 52.8 Å². The third kappa shape index (κ3) is 4.89. The lowest BCUT2D eigenvalue weighted by molar-refractivity contribution is -0.137. The Morgan fingerprint density at radius 3 is 1.91 bits per heavy atom. The van der Waals surface area contributed by atoms with Crippen LogP contribution in [0.5, 0.6) is 0 Å². The SMILES string of the molecule is O=S(=O)(c1ccccc1)C1CCN(S(=O)(=O)c2ccc(-c3cccc(C(F)(F)F)c3)cc2)CC1. The molecule has 0 saturated carbocycles. The minimum atomic E-state index is -4.47. The molecule has 1 saturated heterocycles. The summed E-state index contributed by atoms with van der Waals surface area (Å²) in [6.45, 7) is 0.128. The Morgan fingerprint density at radius 1 is 0.706 bits per heavy atom. The normalized spacial score (nSPS) is 16.4. The molecular weight excluding hydrogens is 487 g/mol. The second-order valence-electron chi connectivity index (χ2n) is 8.06. The Hall–Kier alpha value is -2.69. The lowest BCUT2D eigenvalue weighted by Crippen LogP contribution is -2.42. The fraction of sp³-hybridized carbons (Fsp3) is 0.250. The number of halogens is 3. The number of sulfonamides is 1. The smallest absolute Gasteiger partial charge is 0.223 e. The summed E-state index contributed by atoms with van der Waals surface area (Å²) in [5, 5.41) is -0.662. The number of sulfone groups is 1. The van der Waals surface area contributed by atoms with E-state index >= 15 is 0 Å². The number of piperidine rings is 1. The van der Waals surface area contributed by atoms with Gasteiger partial charge in [0, 0.05) is 13.1 Å². The molecule has 0 aromatic heterocycles. The zero-order chi connectivity index (χ0) is 24.6. The van der Waals surface area contributed by atoms with E-state index in [1.54, 1.807) is 18.2 Å². The van der Waals surface area contributed by atoms with Gasteiger partial charge in [-0.15, -0.1) is 0 Å². The summed E-state index contributed by atoms with van der Waals surface area (Å²) in [7, 11) is -7.41. The van der Waals surface area contributed by atoms with Crippen LogP contribution < -0.4 is 0 Å². The van der Waals surface area contributed by atoms with Crippen molar-refractivity contribution in [1.82, 2.24) is 4.31 Å². The van der Waals surface area contributed by atoms with Crippen LogP contribution in [0.3, 0.4) is 0 Å². The fourth-order valence-corrected chi connectivity index (χ4v) is 7.25. The van der Waals surface area contributed by atoms with E-state index in [0.29, 0.717) is 11.1 Å². The highest BCUT2D eigenvalue weighted by Crippen LogP contribution is 2.33. The van der Waals surface area contributed by atoms with E-state index in [0.717, 1.165) is 12.1 Å². The van der Waals surface area contributed by atoms with Crippen LogP contribution >= 0.6 is 0 Å². The van der Waals surface area contributed by atoms with Crippen LogP contribution in [-0.2, 0) is 26.0 Å². The molecule has 1 aliphatic heterocycles. The topological polar surface area (TPSA) is 71.5 Å². The molecule has 0 unspecified atom stereocenters. The zero-order valence-electron chi connectivity index (χ0n) is 17.9. The number of hydrogen-bond acceptors (Lipinski definition) is 4. The summed E-state index contributed by atoms with van der Waals surface area (Å²) in [6.07, 6.45) is -4.11. The molecule has 0 bridgehead atoms. The molecule has 0 atom stereocenters. The van der Waals surface area contributed by atoms with E-state index in [4.69, 9.17) is 0 Å². The van der Waals surface area contributed by atoms with Gasteiger partial charge in [0.1, 0.15) is 0 Å². The Balaban J connectivity index is 1.48.